The van der Waals surface area contributed by atoms with E-state index >= 15 is 0 Å². The number of carboxylic acids is 1. The van der Waals surface area contributed by atoms with Crippen molar-refractivity contribution in [3.05, 3.63) is 22.4 Å². The second-order valence-electron chi connectivity index (χ2n) is 4.70. The molecule has 0 aliphatic rings. The Kier molecular flexibility index (Phi) is 7.36. The van der Waals surface area contributed by atoms with Crippen molar-refractivity contribution in [1.82, 2.24) is 9.88 Å². The van der Waals surface area contributed by atoms with Crippen LogP contribution in [0.3, 0.4) is 0 Å². The van der Waals surface area contributed by atoms with Crippen molar-refractivity contribution in [1.29, 1.82) is 0 Å². The summed E-state index contributed by atoms with van der Waals surface area (Å²) in [5, 5.41) is 11.4. The van der Waals surface area contributed by atoms with E-state index in [1.165, 1.54) is 0 Å². The van der Waals surface area contributed by atoms with Crippen LogP contribution in [-0.4, -0.2) is 28.1 Å². The molecule has 2 N–H and O–H groups in total. The maximum atomic E-state index is 12.0. The third kappa shape index (κ3) is 5.77. The normalized spacial score (nSPS) is 10.5. The Morgan fingerprint density at radius 2 is 2.10 bits per heavy atom. The van der Waals surface area contributed by atoms with E-state index in [0.29, 0.717) is 18.7 Å². The number of carbonyl (C=O) groups is 2. The molecule has 0 fully saturated rings. The molecule has 0 aromatic carbocycles. The van der Waals surface area contributed by atoms with Crippen LogP contribution in [0.2, 0.25) is 0 Å². The first-order chi connectivity index (χ1) is 9.54. The Balaban J connectivity index is 2.34. The quantitative estimate of drug-likeness (QED) is 0.676. The van der Waals surface area contributed by atoms with Gasteiger partial charge in [-0.25, -0.2) is 0 Å². The van der Waals surface area contributed by atoms with Gasteiger partial charge in [-0.15, -0.1) is 0 Å². The average Bonchev–Trinajstić information content (AvgIpc) is 2.74. The number of unbranched alkanes of at least 4 members (excludes halogenated alkanes) is 2. The Morgan fingerprint density at radius 3 is 2.75 bits per heavy atom. The molecule has 0 aliphatic heterocycles. The Labute approximate surface area is 127 Å². The molecular weight excluding hydrogens is 324 g/mol. The first kappa shape index (κ1) is 16.8. The molecule has 0 saturated heterocycles. The van der Waals surface area contributed by atoms with Crippen LogP contribution in [0.1, 0.15) is 49.5 Å². The second kappa shape index (κ2) is 8.79. The van der Waals surface area contributed by atoms with Crippen molar-refractivity contribution >= 4 is 27.8 Å². The molecule has 0 unspecified atom stereocenters. The summed E-state index contributed by atoms with van der Waals surface area (Å²) in [7, 11) is 0. The number of aryl methyl sites for hydroxylation is 1. The second-order valence-corrected chi connectivity index (χ2v) is 5.61. The predicted molar refractivity (Wildman–Crippen MR) is 80.9 cm³/mol. The van der Waals surface area contributed by atoms with E-state index in [1.807, 2.05) is 16.8 Å². The van der Waals surface area contributed by atoms with Crippen molar-refractivity contribution in [2.24, 2.45) is 0 Å². The van der Waals surface area contributed by atoms with E-state index in [1.54, 1.807) is 0 Å². The predicted octanol–water partition coefficient (Wildman–Crippen LogP) is 3.04. The van der Waals surface area contributed by atoms with Crippen LogP contribution in [-0.2, 0) is 11.3 Å². The molecule has 0 bridgehead atoms. The van der Waals surface area contributed by atoms with Crippen molar-refractivity contribution in [3.8, 4) is 0 Å². The van der Waals surface area contributed by atoms with Crippen molar-refractivity contribution in [2.45, 2.75) is 45.6 Å². The fourth-order valence-corrected chi connectivity index (χ4v) is 2.43. The summed E-state index contributed by atoms with van der Waals surface area (Å²) in [6.45, 7) is 3.46. The van der Waals surface area contributed by atoms with Gasteiger partial charge in [-0.1, -0.05) is 13.3 Å². The van der Waals surface area contributed by atoms with Crippen LogP contribution in [0.15, 0.2) is 16.7 Å². The lowest BCUT2D eigenvalue weighted by Crippen LogP contribution is -2.26. The molecule has 1 aromatic rings. The summed E-state index contributed by atoms with van der Waals surface area (Å²) in [6.07, 6.45) is 5.34. The van der Waals surface area contributed by atoms with Gasteiger partial charge in [-0.2, -0.15) is 0 Å². The number of amides is 1. The van der Waals surface area contributed by atoms with Crippen LogP contribution < -0.4 is 5.32 Å². The molecule has 1 heterocycles. The Morgan fingerprint density at radius 1 is 1.35 bits per heavy atom. The Bertz CT molecular complexity index is 457. The smallest absolute Gasteiger partial charge is 0.303 e. The van der Waals surface area contributed by atoms with Gasteiger partial charge in [0.05, 0.1) is 0 Å². The van der Waals surface area contributed by atoms with Gasteiger partial charge in [0.2, 0.25) is 0 Å². The third-order valence-corrected chi connectivity index (χ3v) is 3.35. The van der Waals surface area contributed by atoms with Gasteiger partial charge < -0.3 is 15.0 Å². The molecule has 1 amide bonds. The fourth-order valence-electron chi connectivity index (χ4n) is 1.96. The van der Waals surface area contributed by atoms with Gasteiger partial charge in [0.15, 0.2) is 0 Å². The number of aromatic nitrogens is 1. The summed E-state index contributed by atoms with van der Waals surface area (Å²) >= 11 is 3.38. The van der Waals surface area contributed by atoms with Crippen LogP contribution in [0.4, 0.5) is 0 Å². The largest absolute Gasteiger partial charge is 0.481 e. The van der Waals surface area contributed by atoms with E-state index in [-0.39, 0.29) is 12.3 Å². The summed E-state index contributed by atoms with van der Waals surface area (Å²) in [6, 6.07) is 1.81. The highest BCUT2D eigenvalue weighted by molar-refractivity contribution is 9.10. The van der Waals surface area contributed by atoms with E-state index in [9.17, 15) is 9.59 Å². The zero-order valence-electron chi connectivity index (χ0n) is 11.7. The summed E-state index contributed by atoms with van der Waals surface area (Å²) in [5.41, 5.74) is 0.657. The lowest BCUT2D eigenvalue weighted by molar-refractivity contribution is -0.137. The molecule has 1 rings (SSSR count). The molecule has 112 valence electrons. The zero-order chi connectivity index (χ0) is 15.0. The first-order valence-electron chi connectivity index (χ1n) is 6.90. The molecule has 0 aliphatic carbocycles. The number of nitrogens with zero attached hydrogens (tertiary/aromatic N) is 1. The van der Waals surface area contributed by atoms with Crippen LogP contribution in [0.25, 0.3) is 0 Å². The standard InChI is InChI=1S/C14H21BrN2O3/c1-2-8-17-10-11(15)9-12(17)14(20)16-7-5-3-4-6-13(18)19/h9-10H,2-8H2,1H3,(H,16,20)(H,18,19). The van der Waals surface area contributed by atoms with Crippen molar-refractivity contribution in [2.75, 3.05) is 6.54 Å². The van der Waals surface area contributed by atoms with E-state index < -0.39 is 5.97 Å². The number of hydrogen-bond donors (Lipinski definition) is 2. The first-order valence-corrected chi connectivity index (χ1v) is 7.69. The number of hydrogen-bond acceptors (Lipinski definition) is 2. The topological polar surface area (TPSA) is 71.3 Å². The number of carboxylic acid groups (broad SMARTS) is 1. The maximum Gasteiger partial charge on any atom is 0.303 e. The molecule has 5 nitrogen and oxygen atoms in total. The van der Waals surface area contributed by atoms with Crippen molar-refractivity contribution < 1.29 is 14.7 Å². The highest BCUT2D eigenvalue weighted by Gasteiger charge is 2.11. The fraction of sp³-hybridized carbons (Fsp3) is 0.571. The average molecular weight is 345 g/mol. The van der Waals surface area contributed by atoms with Gasteiger partial charge in [0.1, 0.15) is 5.69 Å². The molecular formula is C14H21BrN2O3. The van der Waals surface area contributed by atoms with E-state index in [2.05, 4.69) is 28.2 Å². The minimum absolute atomic E-state index is 0.0811. The van der Waals surface area contributed by atoms with Crippen LogP contribution in [0, 0.1) is 0 Å². The number of halogens is 1. The molecule has 20 heavy (non-hydrogen) atoms. The molecule has 0 radical (unpaired) electrons. The number of nitrogens with one attached hydrogen (secondary N) is 1. The van der Waals surface area contributed by atoms with Gasteiger partial charge in [-0.05, 0) is 41.3 Å². The van der Waals surface area contributed by atoms with Gasteiger partial charge in [-0.3, -0.25) is 9.59 Å². The van der Waals surface area contributed by atoms with Gasteiger partial charge >= 0.3 is 5.97 Å². The lowest BCUT2D eigenvalue weighted by Gasteiger charge is -2.08. The van der Waals surface area contributed by atoms with Gasteiger partial charge in [0, 0.05) is 30.2 Å². The number of rotatable bonds is 9. The minimum atomic E-state index is -0.767. The molecule has 0 atom stereocenters. The molecule has 1 aromatic heterocycles. The van der Waals surface area contributed by atoms with Crippen LogP contribution in [0.5, 0.6) is 0 Å². The summed E-state index contributed by atoms with van der Waals surface area (Å²) in [4.78, 5) is 22.4. The maximum absolute atomic E-state index is 12.0. The number of carbonyl (C=O) groups excluding carboxylic acids is 1. The summed E-state index contributed by atoms with van der Waals surface area (Å²) < 4.78 is 2.83. The zero-order valence-corrected chi connectivity index (χ0v) is 13.3. The lowest BCUT2D eigenvalue weighted by atomic mass is 10.2. The highest BCUT2D eigenvalue weighted by Crippen LogP contribution is 2.15. The van der Waals surface area contributed by atoms with Crippen LogP contribution >= 0.6 is 15.9 Å². The van der Waals surface area contributed by atoms with E-state index in [0.717, 1.165) is 30.3 Å². The Hall–Kier alpha value is -1.30. The van der Waals surface area contributed by atoms with Crippen molar-refractivity contribution in [3.63, 3.8) is 0 Å². The molecule has 0 spiro atoms. The summed E-state index contributed by atoms with van der Waals surface area (Å²) in [5.74, 6) is -0.848. The van der Waals surface area contributed by atoms with Gasteiger partial charge in [0.25, 0.3) is 5.91 Å². The molecule has 6 heteroatoms. The highest BCUT2D eigenvalue weighted by atomic mass is 79.9. The minimum Gasteiger partial charge on any atom is -0.481 e. The monoisotopic (exact) mass is 344 g/mol. The molecule has 0 saturated carbocycles. The number of aliphatic carboxylic acids is 1. The SMILES string of the molecule is CCCn1cc(Br)cc1C(=O)NCCCCCC(=O)O. The third-order valence-electron chi connectivity index (χ3n) is 2.91. The van der Waals surface area contributed by atoms with E-state index in [4.69, 9.17) is 5.11 Å².